The van der Waals surface area contributed by atoms with Crippen LogP contribution >= 0.6 is 0 Å². The molecule has 0 N–H and O–H groups in total. The zero-order valence-corrected chi connectivity index (χ0v) is 8.81. The molecule has 0 spiro atoms. The first-order chi connectivity index (χ1) is 7.42. The standard InChI is InChI=1S/C8H8FNO5S/c9-7-1-3-8(4-2-7)16(13,14)6-5-15-10(11)12/h1-4H,5-6H2. The fraction of sp³-hybridized carbons (Fsp3) is 0.250. The Morgan fingerprint density at radius 2 is 1.88 bits per heavy atom. The van der Waals surface area contributed by atoms with Gasteiger partial charge in [-0.15, -0.1) is 10.1 Å². The second-order valence-electron chi connectivity index (χ2n) is 2.83. The van der Waals surface area contributed by atoms with E-state index in [0.29, 0.717) is 0 Å². The predicted octanol–water partition coefficient (Wildman–Crippen LogP) is 0.808. The van der Waals surface area contributed by atoms with Crippen molar-refractivity contribution in [3.8, 4) is 0 Å². The number of hydrogen-bond donors (Lipinski definition) is 0. The van der Waals surface area contributed by atoms with Gasteiger partial charge in [0.2, 0.25) is 0 Å². The first-order valence-electron chi connectivity index (χ1n) is 4.17. The Hall–Kier alpha value is -1.70. The van der Waals surface area contributed by atoms with Gasteiger partial charge in [0.25, 0.3) is 5.09 Å². The Balaban J connectivity index is 2.71. The molecular weight excluding hydrogens is 241 g/mol. The molecule has 0 aliphatic heterocycles. The van der Waals surface area contributed by atoms with Crippen LogP contribution in [0.4, 0.5) is 4.39 Å². The van der Waals surface area contributed by atoms with Crippen LogP contribution in [0.2, 0.25) is 0 Å². The van der Waals surface area contributed by atoms with Gasteiger partial charge in [-0.3, -0.25) is 0 Å². The van der Waals surface area contributed by atoms with E-state index in [1.807, 2.05) is 0 Å². The summed E-state index contributed by atoms with van der Waals surface area (Å²) >= 11 is 0. The molecule has 1 aromatic rings. The molecule has 88 valence electrons. The van der Waals surface area contributed by atoms with Crippen molar-refractivity contribution in [3.63, 3.8) is 0 Å². The molecule has 0 aromatic heterocycles. The number of sulfone groups is 1. The van der Waals surface area contributed by atoms with Gasteiger partial charge in [-0.05, 0) is 24.3 Å². The van der Waals surface area contributed by atoms with Gasteiger partial charge < -0.3 is 4.84 Å². The minimum Gasteiger partial charge on any atom is -0.313 e. The largest absolute Gasteiger partial charge is 0.313 e. The maximum absolute atomic E-state index is 12.5. The van der Waals surface area contributed by atoms with Crippen LogP contribution in [0.3, 0.4) is 0 Å². The SMILES string of the molecule is O=[N+]([O-])OCCS(=O)(=O)c1ccc(F)cc1. The lowest BCUT2D eigenvalue weighted by Gasteiger charge is -2.03. The highest BCUT2D eigenvalue weighted by Gasteiger charge is 2.14. The highest BCUT2D eigenvalue weighted by Crippen LogP contribution is 2.11. The second-order valence-corrected chi connectivity index (χ2v) is 4.94. The van der Waals surface area contributed by atoms with Gasteiger partial charge >= 0.3 is 0 Å². The van der Waals surface area contributed by atoms with E-state index in [4.69, 9.17) is 0 Å². The summed E-state index contributed by atoms with van der Waals surface area (Å²) in [7, 11) is -3.67. The summed E-state index contributed by atoms with van der Waals surface area (Å²) in [6.45, 7) is -0.549. The van der Waals surface area contributed by atoms with Crippen molar-refractivity contribution in [2.24, 2.45) is 0 Å². The van der Waals surface area contributed by atoms with Crippen molar-refractivity contribution in [1.29, 1.82) is 0 Å². The number of benzene rings is 1. The van der Waals surface area contributed by atoms with Crippen LogP contribution in [0.5, 0.6) is 0 Å². The minimum absolute atomic E-state index is 0.0964. The monoisotopic (exact) mass is 249 g/mol. The summed E-state index contributed by atoms with van der Waals surface area (Å²) in [4.78, 5) is 13.6. The van der Waals surface area contributed by atoms with Gasteiger partial charge in [-0.1, -0.05) is 0 Å². The zero-order chi connectivity index (χ0) is 12.2. The first-order valence-corrected chi connectivity index (χ1v) is 5.83. The van der Waals surface area contributed by atoms with Gasteiger partial charge in [-0.25, -0.2) is 12.8 Å². The highest BCUT2D eigenvalue weighted by molar-refractivity contribution is 7.91. The van der Waals surface area contributed by atoms with Crippen molar-refractivity contribution in [2.45, 2.75) is 4.90 Å². The molecule has 0 atom stereocenters. The quantitative estimate of drug-likeness (QED) is 0.437. The summed E-state index contributed by atoms with van der Waals surface area (Å²) in [5.41, 5.74) is 0. The zero-order valence-electron chi connectivity index (χ0n) is 8.00. The lowest BCUT2D eigenvalue weighted by Crippen LogP contribution is -2.14. The van der Waals surface area contributed by atoms with Gasteiger partial charge in [0.15, 0.2) is 9.84 Å². The molecule has 0 amide bonds. The van der Waals surface area contributed by atoms with Crippen LogP contribution in [0.1, 0.15) is 0 Å². The summed E-state index contributed by atoms with van der Waals surface area (Å²) in [5, 5.41) is 8.74. The van der Waals surface area contributed by atoms with Gasteiger partial charge in [-0.2, -0.15) is 0 Å². The van der Waals surface area contributed by atoms with E-state index in [2.05, 4.69) is 4.84 Å². The molecule has 0 saturated carbocycles. The van der Waals surface area contributed by atoms with Crippen LogP contribution in [-0.2, 0) is 14.7 Å². The van der Waals surface area contributed by atoms with Gasteiger partial charge in [0, 0.05) is 0 Å². The maximum Gasteiger partial charge on any atom is 0.294 e. The van der Waals surface area contributed by atoms with Gasteiger partial charge in [0.05, 0.1) is 10.6 Å². The van der Waals surface area contributed by atoms with E-state index in [1.165, 1.54) is 0 Å². The van der Waals surface area contributed by atoms with Crippen LogP contribution in [-0.4, -0.2) is 25.9 Å². The molecule has 0 bridgehead atoms. The molecule has 16 heavy (non-hydrogen) atoms. The third kappa shape index (κ3) is 3.46. The van der Waals surface area contributed by atoms with Gasteiger partial charge in [0.1, 0.15) is 12.4 Å². The smallest absolute Gasteiger partial charge is 0.294 e. The fourth-order valence-corrected chi connectivity index (χ4v) is 2.06. The highest BCUT2D eigenvalue weighted by atomic mass is 32.2. The molecule has 0 aliphatic carbocycles. The number of halogens is 1. The molecule has 0 aliphatic rings. The molecule has 0 saturated heterocycles. The molecule has 1 aromatic carbocycles. The molecular formula is C8H8FNO5S. The molecule has 0 radical (unpaired) electrons. The Bertz CT molecular complexity index is 470. The average Bonchev–Trinajstić information content (AvgIpc) is 2.17. The summed E-state index contributed by atoms with van der Waals surface area (Å²) in [5.74, 6) is -1.08. The summed E-state index contributed by atoms with van der Waals surface area (Å²) in [6, 6.07) is 4.19. The lowest BCUT2D eigenvalue weighted by molar-refractivity contribution is -0.756. The van der Waals surface area contributed by atoms with Crippen LogP contribution in [0, 0.1) is 15.9 Å². The Morgan fingerprint density at radius 3 is 2.38 bits per heavy atom. The molecule has 1 rings (SSSR count). The summed E-state index contributed by atoms with van der Waals surface area (Å²) in [6.07, 6.45) is 0. The topological polar surface area (TPSA) is 86.5 Å². The normalized spacial score (nSPS) is 11.1. The van der Waals surface area contributed by atoms with Crippen LogP contribution in [0.25, 0.3) is 0 Å². The van der Waals surface area contributed by atoms with Crippen molar-refractivity contribution in [2.75, 3.05) is 12.4 Å². The maximum atomic E-state index is 12.5. The first kappa shape index (κ1) is 12.4. The van der Waals surface area contributed by atoms with E-state index in [0.717, 1.165) is 24.3 Å². The van der Waals surface area contributed by atoms with Crippen LogP contribution in [0.15, 0.2) is 29.2 Å². The second kappa shape index (κ2) is 4.88. The van der Waals surface area contributed by atoms with Crippen molar-refractivity contribution in [1.82, 2.24) is 0 Å². The van der Waals surface area contributed by atoms with E-state index >= 15 is 0 Å². The number of rotatable bonds is 5. The van der Waals surface area contributed by atoms with Crippen LogP contribution < -0.4 is 0 Å². The number of nitrogens with zero attached hydrogens (tertiary/aromatic N) is 1. The molecule has 0 fully saturated rings. The predicted molar refractivity (Wildman–Crippen MR) is 51.4 cm³/mol. The van der Waals surface area contributed by atoms with E-state index in [1.54, 1.807) is 0 Å². The average molecular weight is 249 g/mol. The lowest BCUT2D eigenvalue weighted by atomic mass is 10.4. The summed E-state index contributed by atoms with van der Waals surface area (Å²) < 4.78 is 35.5. The fourth-order valence-electron chi connectivity index (χ4n) is 0.981. The molecule has 0 unspecified atom stereocenters. The third-order valence-corrected chi connectivity index (χ3v) is 3.42. The van der Waals surface area contributed by atoms with Crippen molar-refractivity contribution < 1.29 is 22.7 Å². The van der Waals surface area contributed by atoms with Crippen molar-refractivity contribution >= 4 is 9.84 Å². The Morgan fingerprint density at radius 1 is 1.31 bits per heavy atom. The van der Waals surface area contributed by atoms with E-state index < -0.39 is 33.1 Å². The number of hydrogen-bond acceptors (Lipinski definition) is 5. The molecule has 6 nitrogen and oxygen atoms in total. The Labute approximate surface area is 90.7 Å². The van der Waals surface area contributed by atoms with E-state index in [9.17, 15) is 22.9 Å². The third-order valence-electron chi connectivity index (χ3n) is 1.72. The van der Waals surface area contributed by atoms with E-state index in [-0.39, 0.29) is 4.90 Å². The molecule has 0 heterocycles. The molecule has 8 heteroatoms. The minimum atomic E-state index is -3.67. The Kier molecular flexibility index (Phi) is 3.78. The van der Waals surface area contributed by atoms with Crippen molar-refractivity contribution in [3.05, 3.63) is 40.2 Å².